The van der Waals surface area contributed by atoms with Crippen molar-refractivity contribution in [1.82, 2.24) is 9.80 Å². The average Bonchev–Trinajstić information content (AvgIpc) is 2.60. The van der Waals surface area contributed by atoms with Gasteiger partial charge in [0, 0.05) is 39.0 Å². The second kappa shape index (κ2) is 6.86. The molecule has 0 N–H and O–H groups in total. The molecule has 2 fully saturated rings. The summed E-state index contributed by atoms with van der Waals surface area (Å²) in [5, 5.41) is 0. The van der Waals surface area contributed by atoms with Gasteiger partial charge in [-0.25, -0.2) is 4.39 Å². The van der Waals surface area contributed by atoms with Gasteiger partial charge in [-0.05, 0) is 37.3 Å². The van der Waals surface area contributed by atoms with Gasteiger partial charge in [-0.15, -0.1) is 0 Å². The molecule has 25 heavy (non-hydrogen) atoms. The van der Waals surface area contributed by atoms with E-state index in [0.29, 0.717) is 31.9 Å². The molecule has 3 rings (SSSR count). The van der Waals surface area contributed by atoms with E-state index in [-0.39, 0.29) is 23.7 Å². The molecule has 2 aliphatic rings. The van der Waals surface area contributed by atoms with Crippen LogP contribution in [0.4, 0.5) is 4.39 Å². The van der Waals surface area contributed by atoms with E-state index in [9.17, 15) is 14.0 Å². The predicted octanol–water partition coefficient (Wildman–Crippen LogP) is 2.23. The summed E-state index contributed by atoms with van der Waals surface area (Å²) in [6.07, 6.45) is 2.80. The lowest BCUT2D eigenvalue weighted by Gasteiger charge is -2.49. The highest BCUT2D eigenvalue weighted by Gasteiger charge is 2.48. The first-order valence-corrected chi connectivity index (χ1v) is 8.54. The topological polar surface area (TPSA) is 49.9 Å². The molecule has 0 bridgehead atoms. The maximum Gasteiger partial charge on any atom is 0.246 e. The first-order valence-electron chi connectivity index (χ1n) is 8.54. The number of rotatable bonds is 4. The van der Waals surface area contributed by atoms with Gasteiger partial charge in [0.15, 0.2) is 0 Å². The van der Waals surface area contributed by atoms with Crippen molar-refractivity contribution < 1.29 is 18.7 Å². The minimum absolute atomic E-state index is 0.0301. The zero-order valence-corrected chi connectivity index (χ0v) is 14.4. The van der Waals surface area contributed by atoms with E-state index in [0.717, 1.165) is 12.8 Å². The molecule has 1 aromatic rings. The molecule has 0 unspecified atom stereocenters. The fraction of sp³-hybridized carbons (Fsp3) is 0.474. The highest BCUT2D eigenvalue weighted by atomic mass is 19.1. The van der Waals surface area contributed by atoms with Crippen molar-refractivity contribution in [2.24, 2.45) is 5.41 Å². The molecular formula is C19H23FN2O3. The Bertz CT molecular complexity index is 660. The maximum atomic E-state index is 12.9. The van der Waals surface area contributed by atoms with Gasteiger partial charge >= 0.3 is 0 Å². The van der Waals surface area contributed by atoms with E-state index >= 15 is 0 Å². The third-order valence-electron chi connectivity index (χ3n) is 4.93. The summed E-state index contributed by atoms with van der Waals surface area (Å²) in [6.45, 7) is 7.54. The van der Waals surface area contributed by atoms with Gasteiger partial charge in [0.05, 0.1) is 5.41 Å². The van der Waals surface area contributed by atoms with E-state index in [1.165, 1.54) is 18.2 Å². The zero-order valence-electron chi connectivity index (χ0n) is 14.4. The molecule has 0 atom stereocenters. The summed E-state index contributed by atoms with van der Waals surface area (Å²) >= 11 is 0. The Hall–Kier alpha value is -2.37. The number of carbonyl (C=O) groups is 2. The molecule has 0 aromatic heterocycles. The predicted molar refractivity (Wildman–Crippen MR) is 91.5 cm³/mol. The Morgan fingerprint density at radius 3 is 2.36 bits per heavy atom. The number of amides is 2. The number of nitrogens with zero attached hydrogens (tertiary/aromatic N) is 2. The van der Waals surface area contributed by atoms with Crippen LogP contribution in [-0.2, 0) is 9.59 Å². The van der Waals surface area contributed by atoms with Crippen LogP contribution in [0.3, 0.4) is 0 Å². The Morgan fingerprint density at radius 1 is 1.20 bits per heavy atom. The Labute approximate surface area is 147 Å². The molecule has 5 nitrogen and oxygen atoms in total. The molecule has 2 aliphatic heterocycles. The Balaban J connectivity index is 1.49. The van der Waals surface area contributed by atoms with Crippen molar-refractivity contribution >= 4 is 11.8 Å². The first kappa shape index (κ1) is 17.5. The minimum atomic E-state index is -0.497. The van der Waals surface area contributed by atoms with E-state index in [1.54, 1.807) is 17.0 Å². The Morgan fingerprint density at radius 2 is 1.80 bits per heavy atom. The van der Waals surface area contributed by atoms with Crippen molar-refractivity contribution in [3.8, 4) is 5.75 Å². The number of benzene rings is 1. The van der Waals surface area contributed by atoms with Crippen LogP contribution in [0.25, 0.3) is 0 Å². The molecule has 2 heterocycles. The lowest BCUT2D eigenvalue weighted by Crippen LogP contribution is -2.64. The molecule has 1 aromatic carbocycles. The van der Waals surface area contributed by atoms with Crippen LogP contribution in [0.2, 0.25) is 0 Å². The summed E-state index contributed by atoms with van der Waals surface area (Å²) < 4.78 is 18.8. The number of hydrogen-bond donors (Lipinski definition) is 0. The number of ether oxygens (including phenoxy) is 1. The van der Waals surface area contributed by atoms with E-state index in [4.69, 9.17) is 4.74 Å². The van der Waals surface area contributed by atoms with Crippen molar-refractivity contribution in [2.75, 3.05) is 26.2 Å². The van der Waals surface area contributed by atoms with E-state index in [2.05, 4.69) is 6.58 Å². The lowest BCUT2D eigenvalue weighted by molar-refractivity contribution is -0.158. The molecule has 0 aliphatic carbocycles. The third kappa shape index (κ3) is 3.67. The highest BCUT2D eigenvalue weighted by molar-refractivity contribution is 5.91. The average molecular weight is 346 g/mol. The fourth-order valence-electron chi connectivity index (χ4n) is 3.48. The normalized spacial score (nSPS) is 19.9. The number of piperidine rings is 1. The van der Waals surface area contributed by atoms with Gasteiger partial charge in [0.25, 0.3) is 0 Å². The van der Waals surface area contributed by atoms with Gasteiger partial charge in [0.2, 0.25) is 11.8 Å². The van der Waals surface area contributed by atoms with Gasteiger partial charge in [-0.2, -0.15) is 0 Å². The zero-order chi connectivity index (χ0) is 18.0. The third-order valence-corrected chi connectivity index (χ3v) is 4.93. The van der Waals surface area contributed by atoms with Gasteiger partial charge in [-0.1, -0.05) is 6.58 Å². The van der Waals surface area contributed by atoms with Crippen LogP contribution in [0.1, 0.15) is 19.8 Å². The molecule has 134 valence electrons. The van der Waals surface area contributed by atoms with Crippen LogP contribution in [0, 0.1) is 11.2 Å². The molecular weight excluding hydrogens is 323 g/mol. The summed E-state index contributed by atoms with van der Waals surface area (Å²) in [6, 6.07) is 5.99. The summed E-state index contributed by atoms with van der Waals surface area (Å²) in [5.74, 6) is 0.332. The number of likely N-dealkylation sites (tertiary alicyclic amines) is 2. The van der Waals surface area contributed by atoms with E-state index < -0.39 is 5.41 Å². The molecule has 0 radical (unpaired) electrons. The molecule has 0 spiro atoms. The van der Waals surface area contributed by atoms with Crippen LogP contribution in [-0.4, -0.2) is 53.9 Å². The highest BCUT2D eigenvalue weighted by Crippen LogP contribution is 2.33. The van der Waals surface area contributed by atoms with Crippen LogP contribution in [0.5, 0.6) is 5.75 Å². The molecule has 2 saturated heterocycles. The van der Waals surface area contributed by atoms with Gasteiger partial charge in [-0.3, -0.25) is 9.59 Å². The Kier molecular flexibility index (Phi) is 4.79. The standard InChI is InChI=1S/C19H23FN2O3/c1-3-17(23)22-12-19(2,13-22)18(24)21-10-8-16(9-11-21)25-15-6-4-14(20)5-7-15/h3-7,16H,1,8-13H2,2H3. The fourth-order valence-corrected chi connectivity index (χ4v) is 3.48. The summed E-state index contributed by atoms with van der Waals surface area (Å²) in [5.41, 5.74) is -0.497. The SMILES string of the molecule is C=CC(=O)N1CC(C)(C(=O)N2CCC(Oc3ccc(F)cc3)CC2)C1. The maximum absolute atomic E-state index is 12.9. The van der Waals surface area contributed by atoms with Crippen molar-refractivity contribution in [2.45, 2.75) is 25.9 Å². The van der Waals surface area contributed by atoms with Crippen LogP contribution in [0.15, 0.2) is 36.9 Å². The van der Waals surface area contributed by atoms with Crippen LogP contribution >= 0.6 is 0 Å². The van der Waals surface area contributed by atoms with Gasteiger partial charge < -0.3 is 14.5 Å². The number of halogens is 1. The molecule has 0 saturated carbocycles. The molecule has 2 amide bonds. The monoisotopic (exact) mass is 346 g/mol. The minimum Gasteiger partial charge on any atom is -0.490 e. The van der Waals surface area contributed by atoms with Gasteiger partial charge in [0.1, 0.15) is 17.7 Å². The smallest absolute Gasteiger partial charge is 0.246 e. The first-order chi connectivity index (χ1) is 11.9. The van der Waals surface area contributed by atoms with Crippen molar-refractivity contribution in [3.63, 3.8) is 0 Å². The summed E-state index contributed by atoms with van der Waals surface area (Å²) in [4.78, 5) is 27.8. The molecule has 6 heteroatoms. The quantitative estimate of drug-likeness (QED) is 0.786. The number of carbonyl (C=O) groups excluding carboxylic acids is 2. The lowest BCUT2D eigenvalue weighted by atomic mass is 9.80. The van der Waals surface area contributed by atoms with E-state index in [1.807, 2.05) is 11.8 Å². The van der Waals surface area contributed by atoms with Crippen molar-refractivity contribution in [3.05, 3.63) is 42.7 Å². The van der Waals surface area contributed by atoms with Crippen LogP contribution < -0.4 is 4.74 Å². The largest absolute Gasteiger partial charge is 0.490 e. The summed E-state index contributed by atoms with van der Waals surface area (Å²) in [7, 11) is 0. The second-order valence-corrected chi connectivity index (χ2v) is 7.02. The second-order valence-electron chi connectivity index (χ2n) is 7.02. The van der Waals surface area contributed by atoms with Crippen molar-refractivity contribution in [1.29, 1.82) is 0 Å². The number of hydrogen-bond acceptors (Lipinski definition) is 3.